The number of hydrogen-bond donors (Lipinski definition) is 2. The molecule has 0 heterocycles. The molecule has 3 saturated carbocycles. The molecule has 3 aliphatic rings. The van der Waals surface area contributed by atoms with Crippen LogP contribution >= 0.6 is 0 Å². The van der Waals surface area contributed by atoms with E-state index in [-0.39, 0.29) is 11.8 Å². The van der Waals surface area contributed by atoms with E-state index in [0.717, 1.165) is 24.7 Å². The van der Waals surface area contributed by atoms with Gasteiger partial charge in [0.1, 0.15) is 0 Å². The summed E-state index contributed by atoms with van der Waals surface area (Å²) in [5.41, 5.74) is -0.743. The molecule has 3 fully saturated rings. The van der Waals surface area contributed by atoms with E-state index in [1.807, 2.05) is 6.92 Å². The molecule has 3 heteroatoms. The molecule has 3 aliphatic carbocycles. The monoisotopic (exact) mass is 251 g/mol. The highest BCUT2D eigenvalue weighted by molar-refractivity contribution is 5.82. The first-order chi connectivity index (χ1) is 8.53. The van der Waals surface area contributed by atoms with E-state index in [2.05, 4.69) is 12.2 Å². The third kappa shape index (κ3) is 1.97. The lowest BCUT2D eigenvalue weighted by Crippen LogP contribution is -2.41. The average molecular weight is 251 g/mol. The lowest BCUT2D eigenvalue weighted by atomic mass is 9.99. The fourth-order valence-corrected chi connectivity index (χ4v) is 4.70. The molecule has 0 radical (unpaired) electrons. The molecule has 0 aromatic carbocycles. The van der Waals surface area contributed by atoms with Crippen LogP contribution in [0.5, 0.6) is 0 Å². The third-order valence-corrected chi connectivity index (χ3v) is 5.47. The van der Waals surface area contributed by atoms with Crippen molar-refractivity contribution in [1.29, 1.82) is 0 Å². The summed E-state index contributed by atoms with van der Waals surface area (Å²) < 4.78 is 0. The first-order valence-electron chi connectivity index (χ1n) is 7.53. The molecule has 0 spiro atoms. The largest absolute Gasteiger partial charge is 0.388 e. The van der Waals surface area contributed by atoms with Crippen LogP contribution in [0.1, 0.15) is 46.0 Å². The summed E-state index contributed by atoms with van der Waals surface area (Å²) in [5.74, 6) is 3.56. The minimum atomic E-state index is -0.743. The normalized spacial score (nSPS) is 43.4. The second-order valence-electron chi connectivity index (χ2n) is 6.98. The van der Waals surface area contributed by atoms with Crippen LogP contribution in [-0.4, -0.2) is 23.2 Å². The van der Waals surface area contributed by atoms with Gasteiger partial charge in [-0.3, -0.25) is 4.79 Å². The highest BCUT2D eigenvalue weighted by atomic mass is 16.3. The fraction of sp³-hybridized carbons (Fsp3) is 0.933. The lowest BCUT2D eigenvalue weighted by Gasteiger charge is -2.23. The number of fused-ring (bicyclic) bond motifs is 5. The van der Waals surface area contributed by atoms with Gasteiger partial charge >= 0.3 is 0 Å². The van der Waals surface area contributed by atoms with Crippen molar-refractivity contribution in [2.24, 2.45) is 29.6 Å². The number of hydrogen-bond acceptors (Lipinski definition) is 2. The van der Waals surface area contributed by atoms with Crippen molar-refractivity contribution in [2.75, 3.05) is 6.54 Å². The van der Waals surface area contributed by atoms with Gasteiger partial charge in [-0.25, -0.2) is 0 Å². The predicted octanol–water partition coefficient (Wildman–Crippen LogP) is 1.95. The van der Waals surface area contributed by atoms with E-state index in [1.165, 1.54) is 19.3 Å². The van der Waals surface area contributed by atoms with Gasteiger partial charge in [0.15, 0.2) is 0 Å². The van der Waals surface area contributed by atoms with Crippen LogP contribution in [0.3, 0.4) is 0 Å². The zero-order valence-electron chi connectivity index (χ0n) is 11.5. The minimum absolute atomic E-state index is 0.206. The number of carbonyl (C=O) groups is 1. The fourth-order valence-electron chi connectivity index (χ4n) is 4.70. The topological polar surface area (TPSA) is 49.3 Å². The number of rotatable bonds is 5. The number of nitrogens with one attached hydrogen (secondary N) is 1. The van der Waals surface area contributed by atoms with Crippen molar-refractivity contribution in [1.82, 2.24) is 5.32 Å². The highest BCUT2D eigenvalue weighted by Gasteiger charge is 2.67. The summed E-state index contributed by atoms with van der Waals surface area (Å²) in [6.45, 7) is 4.28. The maximum absolute atomic E-state index is 12.2. The Bertz CT molecular complexity index is 336. The molecule has 2 N–H and O–H groups in total. The van der Waals surface area contributed by atoms with Crippen LogP contribution in [0, 0.1) is 29.6 Å². The zero-order chi connectivity index (χ0) is 12.9. The van der Waals surface area contributed by atoms with Crippen LogP contribution in [0.4, 0.5) is 0 Å². The molecule has 2 bridgehead atoms. The quantitative estimate of drug-likeness (QED) is 0.784. The molecule has 3 nitrogen and oxygen atoms in total. The lowest BCUT2D eigenvalue weighted by molar-refractivity contribution is -0.124. The predicted molar refractivity (Wildman–Crippen MR) is 69.8 cm³/mol. The summed E-state index contributed by atoms with van der Waals surface area (Å²) in [4.78, 5) is 12.2. The van der Waals surface area contributed by atoms with Crippen LogP contribution in [-0.2, 0) is 4.79 Å². The molecule has 0 saturated heterocycles. The number of aliphatic hydroxyl groups is 1. The van der Waals surface area contributed by atoms with E-state index in [0.29, 0.717) is 18.4 Å². The first kappa shape index (κ1) is 12.5. The highest BCUT2D eigenvalue weighted by Crippen LogP contribution is 2.69. The second kappa shape index (κ2) is 4.22. The maximum Gasteiger partial charge on any atom is 0.223 e. The van der Waals surface area contributed by atoms with Crippen LogP contribution < -0.4 is 5.32 Å². The van der Waals surface area contributed by atoms with Crippen molar-refractivity contribution in [3.8, 4) is 0 Å². The summed E-state index contributed by atoms with van der Waals surface area (Å²) in [7, 11) is 0. The molecule has 18 heavy (non-hydrogen) atoms. The zero-order valence-corrected chi connectivity index (χ0v) is 11.5. The Morgan fingerprint density at radius 1 is 1.33 bits per heavy atom. The van der Waals surface area contributed by atoms with Crippen molar-refractivity contribution in [2.45, 2.75) is 51.6 Å². The summed E-state index contributed by atoms with van der Waals surface area (Å²) in [6, 6.07) is 0. The Kier molecular flexibility index (Phi) is 2.92. The standard InChI is InChI=1S/C15H25NO2/c1-3-6-15(2,18)8-16-14(17)13-11-9-4-5-10(7-9)12(11)13/h9-13,18H,3-8H2,1-2H3,(H,16,17). The van der Waals surface area contributed by atoms with E-state index in [1.54, 1.807) is 0 Å². The Balaban J connectivity index is 1.49. The summed E-state index contributed by atoms with van der Waals surface area (Å²) in [5, 5.41) is 13.0. The van der Waals surface area contributed by atoms with Gasteiger partial charge in [-0.1, -0.05) is 13.3 Å². The first-order valence-corrected chi connectivity index (χ1v) is 7.53. The van der Waals surface area contributed by atoms with E-state index in [9.17, 15) is 9.90 Å². The molecular formula is C15H25NO2. The Morgan fingerprint density at radius 2 is 1.94 bits per heavy atom. The van der Waals surface area contributed by atoms with Gasteiger partial charge < -0.3 is 10.4 Å². The van der Waals surface area contributed by atoms with Gasteiger partial charge in [0.05, 0.1) is 5.60 Å². The van der Waals surface area contributed by atoms with Crippen molar-refractivity contribution < 1.29 is 9.90 Å². The molecular weight excluding hydrogens is 226 g/mol. The molecule has 0 aromatic heterocycles. The second-order valence-corrected chi connectivity index (χ2v) is 6.98. The summed E-state index contributed by atoms with van der Waals surface area (Å²) in [6.07, 6.45) is 5.77. The van der Waals surface area contributed by atoms with E-state index >= 15 is 0 Å². The maximum atomic E-state index is 12.2. The smallest absolute Gasteiger partial charge is 0.223 e. The molecule has 1 amide bonds. The molecule has 3 rings (SSSR count). The molecule has 5 atom stereocenters. The summed E-state index contributed by atoms with van der Waals surface area (Å²) >= 11 is 0. The number of carbonyl (C=O) groups excluding carboxylic acids is 1. The van der Waals surface area contributed by atoms with Crippen LogP contribution in [0.15, 0.2) is 0 Å². The van der Waals surface area contributed by atoms with Crippen LogP contribution in [0.2, 0.25) is 0 Å². The van der Waals surface area contributed by atoms with Crippen molar-refractivity contribution in [3.05, 3.63) is 0 Å². The van der Waals surface area contributed by atoms with Gasteiger partial charge in [0, 0.05) is 12.5 Å². The van der Waals surface area contributed by atoms with Gasteiger partial charge in [-0.05, 0) is 56.3 Å². The minimum Gasteiger partial charge on any atom is -0.388 e. The SMILES string of the molecule is CCCC(C)(O)CNC(=O)C1C2C3CCC(C3)C12. The van der Waals surface area contributed by atoms with Gasteiger partial charge in [-0.2, -0.15) is 0 Å². The molecule has 5 unspecified atom stereocenters. The molecule has 102 valence electrons. The van der Waals surface area contributed by atoms with E-state index < -0.39 is 5.60 Å². The Morgan fingerprint density at radius 3 is 2.50 bits per heavy atom. The van der Waals surface area contributed by atoms with Gasteiger partial charge in [0.2, 0.25) is 5.91 Å². The average Bonchev–Trinajstić information content (AvgIpc) is 2.75. The third-order valence-electron chi connectivity index (χ3n) is 5.47. The Hall–Kier alpha value is -0.570. The van der Waals surface area contributed by atoms with Gasteiger partial charge in [-0.15, -0.1) is 0 Å². The molecule has 0 aromatic rings. The van der Waals surface area contributed by atoms with E-state index in [4.69, 9.17) is 0 Å². The van der Waals surface area contributed by atoms with Crippen molar-refractivity contribution in [3.63, 3.8) is 0 Å². The Labute approximate surface area is 109 Å². The van der Waals surface area contributed by atoms with Crippen molar-refractivity contribution >= 4 is 5.91 Å². The van der Waals surface area contributed by atoms with Crippen LogP contribution in [0.25, 0.3) is 0 Å². The number of amides is 1. The molecule has 0 aliphatic heterocycles. The van der Waals surface area contributed by atoms with Gasteiger partial charge in [0.25, 0.3) is 0 Å².